The van der Waals surface area contributed by atoms with Crippen LogP contribution in [0.4, 0.5) is 19.6 Å². The molecule has 1 aromatic heterocycles. The number of carbonyl (C=O) groups excluding carboxylic acids is 1. The van der Waals surface area contributed by atoms with Crippen molar-refractivity contribution in [2.75, 3.05) is 10.0 Å². The van der Waals surface area contributed by atoms with E-state index in [0.717, 1.165) is 33.1 Å². The van der Waals surface area contributed by atoms with E-state index >= 15 is 0 Å². The molecule has 0 atom stereocenters. The summed E-state index contributed by atoms with van der Waals surface area (Å²) in [6.07, 6.45) is 0. The number of nitrogens with zero attached hydrogens (tertiary/aromatic N) is 1. The molecule has 0 bridgehead atoms. The summed E-state index contributed by atoms with van der Waals surface area (Å²) < 4.78 is 54.9. The van der Waals surface area contributed by atoms with Gasteiger partial charge in [-0.2, -0.15) is 0 Å². The molecule has 1 amide bonds. The first-order valence-electron chi connectivity index (χ1n) is 9.98. The van der Waals surface area contributed by atoms with Gasteiger partial charge in [0, 0.05) is 16.6 Å². The lowest BCUT2D eigenvalue weighted by Gasteiger charge is -2.10. The monoisotopic (exact) mass is 495 g/mol. The van der Waals surface area contributed by atoms with Crippen LogP contribution in [0.1, 0.15) is 10.4 Å². The van der Waals surface area contributed by atoms with E-state index in [4.69, 9.17) is 0 Å². The van der Waals surface area contributed by atoms with Crippen molar-refractivity contribution in [3.05, 3.63) is 96.1 Å². The smallest absolute Gasteiger partial charge is 0.261 e. The molecular formula is C24H15F2N3O3S2. The highest BCUT2D eigenvalue weighted by atomic mass is 32.2. The topological polar surface area (TPSA) is 88.2 Å². The fraction of sp³-hybridized carbons (Fsp3) is 0. The van der Waals surface area contributed by atoms with E-state index in [1.54, 1.807) is 0 Å². The number of sulfonamides is 1. The minimum atomic E-state index is -4.19. The molecule has 0 spiro atoms. The zero-order valence-electron chi connectivity index (χ0n) is 17.2. The first kappa shape index (κ1) is 21.9. The molecule has 0 saturated carbocycles. The maximum Gasteiger partial charge on any atom is 0.261 e. The minimum absolute atomic E-state index is 0.0904. The number of thiazole rings is 1. The molecule has 5 aromatic rings. The molecule has 4 aromatic carbocycles. The van der Waals surface area contributed by atoms with Crippen molar-refractivity contribution < 1.29 is 22.0 Å². The zero-order chi connectivity index (χ0) is 23.9. The summed E-state index contributed by atoms with van der Waals surface area (Å²) in [5.74, 6) is -2.91. The summed E-state index contributed by atoms with van der Waals surface area (Å²) in [6.45, 7) is 0. The number of benzene rings is 4. The van der Waals surface area contributed by atoms with Gasteiger partial charge in [-0.1, -0.05) is 47.7 Å². The van der Waals surface area contributed by atoms with E-state index < -0.39 is 32.5 Å². The molecule has 1 heterocycles. The Morgan fingerprint density at radius 2 is 1.71 bits per heavy atom. The normalized spacial score (nSPS) is 11.6. The van der Waals surface area contributed by atoms with Crippen molar-refractivity contribution in [3.8, 4) is 0 Å². The molecule has 0 unspecified atom stereocenters. The van der Waals surface area contributed by atoms with Crippen LogP contribution in [-0.2, 0) is 10.0 Å². The summed E-state index contributed by atoms with van der Waals surface area (Å²) in [7, 11) is -4.19. The van der Waals surface area contributed by atoms with Gasteiger partial charge in [-0.25, -0.2) is 22.2 Å². The van der Waals surface area contributed by atoms with Gasteiger partial charge in [-0.3, -0.25) is 14.8 Å². The van der Waals surface area contributed by atoms with E-state index in [1.807, 2.05) is 36.4 Å². The third-order valence-corrected chi connectivity index (χ3v) is 7.40. The van der Waals surface area contributed by atoms with Gasteiger partial charge in [0.05, 0.1) is 15.1 Å². The van der Waals surface area contributed by atoms with Crippen LogP contribution in [0.3, 0.4) is 0 Å². The summed E-state index contributed by atoms with van der Waals surface area (Å²) in [5.41, 5.74) is 1.06. The number of amides is 1. The van der Waals surface area contributed by atoms with E-state index in [2.05, 4.69) is 15.0 Å². The molecule has 0 aliphatic rings. The SMILES string of the molecule is O=C(Nc1nc2c(ccc3ccccc32)s1)c1cccc(NS(=O)(=O)c2ccc(F)c(F)c2)c1. The van der Waals surface area contributed by atoms with E-state index in [-0.39, 0.29) is 11.3 Å². The van der Waals surface area contributed by atoms with Gasteiger partial charge in [-0.05, 0) is 47.9 Å². The van der Waals surface area contributed by atoms with E-state index in [0.29, 0.717) is 11.2 Å². The molecular weight excluding hydrogens is 480 g/mol. The van der Waals surface area contributed by atoms with Gasteiger partial charge in [0.2, 0.25) is 0 Å². The highest BCUT2D eigenvalue weighted by molar-refractivity contribution is 7.92. The molecule has 170 valence electrons. The second-order valence-corrected chi connectivity index (χ2v) is 10.1. The Morgan fingerprint density at radius 3 is 2.53 bits per heavy atom. The second-order valence-electron chi connectivity index (χ2n) is 7.37. The summed E-state index contributed by atoms with van der Waals surface area (Å²) in [4.78, 5) is 16.9. The van der Waals surface area contributed by atoms with Gasteiger partial charge in [0.1, 0.15) is 0 Å². The Balaban J connectivity index is 1.38. The molecule has 0 saturated heterocycles. The molecule has 10 heteroatoms. The van der Waals surface area contributed by atoms with Crippen molar-refractivity contribution in [2.45, 2.75) is 4.90 Å². The average Bonchev–Trinajstić information content (AvgIpc) is 3.23. The Labute approximate surface area is 196 Å². The molecule has 34 heavy (non-hydrogen) atoms. The molecule has 0 fully saturated rings. The van der Waals surface area contributed by atoms with Gasteiger partial charge < -0.3 is 0 Å². The van der Waals surface area contributed by atoms with Crippen LogP contribution < -0.4 is 10.0 Å². The number of hydrogen-bond donors (Lipinski definition) is 2. The molecule has 6 nitrogen and oxygen atoms in total. The van der Waals surface area contributed by atoms with Crippen LogP contribution >= 0.6 is 11.3 Å². The standard InChI is InChI=1S/C24H15F2N3O3S2/c25-19-10-9-17(13-20(19)26)34(31,32)29-16-6-3-5-15(12-16)23(30)28-24-27-22-18-7-2-1-4-14(18)8-11-21(22)33-24/h1-13,29H,(H,27,28,30). The van der Waals surface area contributed by atoms with Crippen molar-refractivity contribution in [3.63, 3.8) is 0 Å². The molecule has 0 radical (unpaired) electrons. The maximum atomic E-state index is 13.5. The first-order chi connectivity index (χ1) is 16.3. The number of rotatable bonds is 5. The number of halogens is 2. The number of hydrogen-bond acceptors (Lipinski definition) is 5. The second kappa shape index (κ2) is 8.47. The lowest BCUT2D eigenvalue weighted by atomic mass is 10.1. The van der Waals surface area contributed by atoms with Crippen LogP contribution in [0.5, 0.6) is 0 Å². The van der Waals surface area contributed by atoms with Crippen molar-refractivity contribution in [1.29, 1.82) is 0 Å². The minimum Gasteiger partial charge on any atom is -0.298 e. The third kappa shape index (κ3) is 4.20. The Hall–Kier alpha value is -3.89. The lowest BCUT2D eigenvalue weighted by molar-refractivity contribution is 0.102. The predicted octanol–water partition coefficient (Wildman–Crippen LogP) is 5.78. The van der Waals surface area contributed by atoms with Crippen molar-refractivity contribution >= 4 is 59.1 Å². The third-order valence-electron chi connectivity index (χ3n) is 5.08. The van der Waals surface area contributed by atoms with Crippen LogP contribution in [0, 0.1) is 11.6 Å². The number of carbonyl (C=O) groups is 1. The Bertz CT molecular complexity index is 1680. The highest BCUT2D eigenvalue weighted by Crippen LogP contribution is 2.32. The quantitative estimate of drug-likeness (QED) is 0.324. The van der Waals surface area contributed by atoms with Gasteiger partial charge in [-0.15, -0.1) is 0 Å². The molecule has 2 N–H and O–H groups in total. The fourth-order valence-electron chi connectivity index (χ4n) is 3.47. The predicted molar refractivity (Wildman–Crippen MR) is 129 cm³/mol. The fourth-order valence-corrected chi connectivity index (χ4v) is 5.40. The number of fused-ring (bicyclic) bond motifs is 3. The lowest BCUT2D eigenvalue weighted by Crippen LogP contribution is -2.15. The molecule has 0 aliphatic heterocycles. The van der Waals surface area contributed by atoms with E-state index in [9.17, 15) is 22.0 Å². The van der Waals surface area contributed by atoms with Crippen LogP contribution in [0.15, 0.2) is 83.8 Å². The van der Waals surface area contributed by atoms with Crippen LogP contribution in [0.25, 0.3) is 21.0 Å². The van der Waals surface area contributed by atoms with Gasteiger partial charge in [0.15, 0.2) is 16.8 Å². The van der Waals surface area contributed by atoms with Gasteiger partial charge >= 0.3 is 0 Å². The summed E-state index contributed by atoms with van der Waals surface area (Å²) >= 11 is 1.33. The number of aromatic nitrogens is 1. The van der Waals surface area contributed by atoms with Crippen LogP contribution in [-0.4, -0.2) is 19.3 Å². The number of nitrogens with one attached hydrogen (secondary N) is 2. The first-order valence-corrected chi connectivity index (χ1v) is 12.3. The van der Waals surface area contributed by atoms with Gasteiger partial charge in [0.25, 0.3) is 15.9 Å². The summed E-state index contributed by atoms with van der Waals surface area (Å²) in [6, 6.07) is 19.8. The molecule has 0 aliphatic carbocycles. The highest BCUT2D eigenvalue weighted by Gasteiger charge is 2.18. The molecule has 5 rings (SSSR count). The maximum absolute atomic E-state index is 13.5. The Morgan fingerprint density at radius 1 is 0.882 bits per heavy atom. The van der Waals surface area contributed by atoms with Crippen molar-refractivity contribution in [1.82, 2.24) is 4.98 Å². The van der Waals surface area contributed by atoms with Crippen molar-refractivity contribution in [2.24, 2.45) is 0 Å². The average molecular weight is 496 g/mol. The Kier molecular flexibility index (Phi) is 5.46. The number of anilines is 2. The zero-order valence-corrected chi connectivity index (χ0v) is 18.9. The largest absolute Gasteiger partial charge is 0.298 e. The van der Waals surface area contributed by atoms with E-state index in [1.165, 1.54) is 35.6 Å². The van der Waals surface area contributed by atoms with Crippen LogP contribution in [0.2, 0.25) is 0 Å². The summed E-state index contributed by atoms with van der Waals surface area (Å²) in [5, 5.41) is 5.17.